The van der Waals surface area contributed by atoms with E-state index in [0.717, 1.165) is 33.1 Å². The number of hydrogen-bond donors (Lipinski definition) is 0. The maximum atomic E-state index is 13.4. The van der Waals surface area contributed by atoms with Gasteiger partial charge >= 0.3 is 0 Å². The molecule has 0 radical (unpaired) electrons. The highest BCUT2D eigenvalue weighted by Gasteiger charge is 2.30. The van der Waals surface area contributed by atoms with Gasteiger partial charge in [-0.25, -0.2) is 13.4 Å². The molecule has 34 heavy (non-hydrogen) atoms. The summed E-state index contributed by atoms with van der Waals surface area (Å²) >= 11 is 1.63. The lowest BCUT2D eigenvalue weighted by atomic mass is 10.2. The summed E-state index contributed by atoms with van der Waals surface area (Å²) in [6.07, 6.45) is 0. The molecule has 0 spiro atoms. The number of rotatable bonds is 6. The van der Waals surface area contributed by atoms with E-state index in [4.69, 9.17) is 9.72 Å². The van der Waals surface area contributed by atoms with Crippen LogP contribution >= 0.6 is 11.3 Å². The lowest BCUT2D eigenvalue weighted by molar-refractivity contribution is 0.181. The first kappa shape index (κ1) is 22.9. The Bertz CT molecular complexity index is 1410. The van der Waals surface area contributed by atoms with Crippen molar-refractivity contribution in [1.29, 1.82) is 0 Å². The fourth-order valence-corrected chi connectivity index (χ4v) is 6.59. The van der Waals surface area contributed by atoms with Gasteiger partial charge in [0.05, 0.1) is 24.9 Å². The second-order valence-electron chi connectivity index (χ2n) is 8.32. The van der Waals surface area contributed by atoms with Crippen LogP contribution in [-0.2, 0) is 16.6 Å². The van der Waals surface area contributed by atoms with Crippen LogP contribution in [0.2, 0.25) is 0 Å². The minimum atomic E-state index is -3.62. The van der Waals surface area contributed by atoms with Gasteiger partial charge in [-0.1, -0.05) is 18.2 Å². The molecule has 1 saturated heterocycles. The van der Waals surface area contributed by atoms with Gasteiger partial charge in [0.25, 0.3) is 0 Å². The Morgan fingerprint density at radius 3 is 2.47 bits per heavy atom. The number of benzene rings is 2. The van der Waals surface area contributed by atoms with E-state index in [0.29, 0.717) is 38.2 Å². The third kappa shape index (κ3) is 4.56. The molecule has 0 aliphatic carbocycles. The van der Waals surface area contributed by atoms with Crippen molar-refractivity contribution in [1.82, 2.24) is 19.2 Å². The second-order valence-corrected chi connectivity index (χ2v) is 11.2. The van der Waals surface area contributed by atoms with Crippen molar-refractivity contribution in [3.8, 4) is 17.0 Å². The van der Waals surface area contributed by atoms with Crippen molar-refractivity contribution in [3.05, 3.63) is 70.7 Å². The summed E-state index contributed by atoms with van der Waals surface area (Å²) in [5.41, 5.74) is 3.34. The van der Waals surface area contributed by atoms with Crippen molar-refractivity contribution in [3.63, 3.8) is 0 Å². The Kier molecular flexibility index (Phi) is 6.35. The Morgan fingerprint density at radius 2 is 1.74 bits per heavy atom. The number of fused-ring (bicyclic) bond motifs is 1. The average molecular weight is 495 g/mol. The lowest BCUT2D eigenvalue weighted by Crippen LogP contribution is -2.48. The number of hydrogen-bond acceptors (Lipinski definition) is 7. The van der Waals surface area contributed by atoms with E-state index in [1.54, 1.807) is 34.9 Å². The quantitative estimate of drug-likeness (QED) is 0.400. The number of nitrogens with zero attached hydrogens (tertiary/aromatic N) is 4. The van der Waals surface area contributed by atoms with Gasteiger partial charge in [-0.05, 0) is 43.3 Å². The van der Waals surface area contributed by atoms with Crippen LogP contribution in [0.15, 0.2) is 64.9 Å². The zero-order valence-electron chi connectivity index (χ0n) is 19.1. The van der Waals surface area contributed by atoms with Crippen LogP contribution < -0.4 is 4.74 Å². The Morgan fingerprint density at radius 1 is 0.971 bits per heavy atom. The maximum absolute atomic E-state index is 13.4. The third-order valence-electron chi connectivity index (χ3n) is 6.07. The summed E-state index contributed by atoms with van der Waals surface area (Å²) in [6.45, 7) is 4.80. The number of methoxy groups -OCH3 is 1. The van der Waals surface area contributed by atoms with E-state index in [1.165, 1.54) is 0 Å². The highest BCUT2D eigenvalue weighted by atomic mass is 32.2. The van der Waals surface area contributed by atoms with Crippen molar-refractivity contribution in [2.24, 2.45) is 0 Å². The molecule has 4 aromatic rings. The van der Waals surface area contributed by atoms with E-state index in [-0.39, 0.29) is 4.90 Å². The number of ether oxygens (including phenoxy) is 1. The maximum Gasteiger partial charge on any atom is 0.245 e. The molecule has 9 heteroatoms. The van der Waals surface area contributed by atoms with Crippen LogP contribution in [0, 0.1) is 6.92 Å². The molecule has 1 fully saturated rings. The Hall–Kier alpha value is -2.85. The molecular weight excluding hydrogens is 468 g/mol. The van der Waals surface area contributed by atoms with E-state index >= 15 is 0 Å². The van der Waals surface area contributed by atoms with Gasteiger partial charge in [0.15, 0.2) is 0 Å². The molecular formula is C25H26N4O3S2. The average Bonchev–Trinajstić information content (AvgIpc) is 3.32. The highest BCUT2D eigenvalue weighted by molar-refractivity contribution is 7.89. The molecule has 0 atom stereocenters. The number of pyridine rings is 1. The molecule has 5 rings (SSSR count). The van der Waals surface area contributed by atoms with Gasteiger partial charge in [0, 0.05) is 48.2 Å². The predicted octanol–water partition coefficient (Wildman–Crippen LogP) is 4.18. The monoisotopic (exact) mass is 494 g/mol. The van der Waals surface area contributed by atoms with Crippen LogP contribution in [0.1, 0.15) is 10.7 Å². The number of aromatic nitrogens is 2. The van der Waals surface area contributed by atoms with Crippen molar-refractivity contribution >= 4 is 32.3 Å². The Labute approximate surface area is 203 Å². The number of para-hydroxylation sites is 1. The SMILES string of the molecule is COc1ccc(-c2csc(CN3CCN(S(=O)(=O)c4cccc5ccc(C)nc45)CC3)n2)cc1. The number of thiazole rings is 1. The smallest absolute Gasteiger partial charge is 0.245 e. The summed E-state index contributed by atoms with van der Waals surface area (Å²) < 4.78 is 33.7. The van der Waals surface area contributed by atoms with Gasteiger partial charge in [-0.15, -0.1) is 11.3 Å². The largest absolute Gasteiger partial charge is 0.497 e. The van der Waals surface area contributed by atoms with Crippen molar-refractivity contribution in [2.45, 2.75) is 18.4 Å². The van der Waals surface area contributed by atoms with Gasteiger partial charge in [-0.3, -0.25) is 9.88 Å². The molecule has 0 N–H and O–H groups in total. The molecule has 2 aromatic carbocycles. The fraction of sp³-hybridized carbons (Fsp3) is 0.280. The molecule has 176 valence electrons. The molecule has 0 saturated carbocycles. The van der Waals surface area contributed by atoms with Crippen molar-refractivity contribution < 1.29 is 13.2 Å². The fourth-order valence-electron chi connectivity index (χ4n) is 4.16. The molecule has 2 aromatic heterocycles. The molecule has 7 nitrogen and oxygen atoms in total. The number of piperazine rings is 1. The van der Waals surface area contributed by atoms with Gasteiger partial charge in [-0.2, -0.15) is 4.31 Å². The minimum Gasteiger partial charge on any atom is -0.497 e. The molecule has 0 bridgehead atoms. The molecule has 3 heterocycles. The normalized spacial score (nSPS) is 15.6. The summed E-state index contributed by atoms with van der Waals surface area (Å²) in [4.78, 5) is 11.8. The first-order chi connectivity index (χ1) is 16.4. The minimum absolute atomic E-state index is 0.284. The summed E-state index contributed by atoms with van der Waals surface area (Å²) in [7, 11) is -1.96. The van der Waals surface area contributed by atoms with E-state index < -0.39 is 10.0 Å². The lowest BCUT2D eigenvalue weighted by Gasteiger charge is -2.33. The van der Waals surface area contributed by atoms with Crippen molar-refractivity contribution in [2.75, 3.05) is 33.3 Å². The second kappa shape index (κ2) is 9.42. The molecule has 0 unspecified atom stereocenters. The molecule has 1 aliphatic rings. The molecule has 0 amide bonds. The van der Waals surface area contributed by atoms with E-state index in [9.17, 15) is 8.42 Å². The predicted molar refractivity (Wildman–Crippen MR) is 135 cm³/mol. The van der Waals surface area contributed by atoms with Gasteiger partial charge in [0.1, 0.15) is 15.7 Å². The van der Waals surface area contributed by atoms with Crippen LogP contribution in [0.5, 0.6) is 5.75 Å². The summed E-state index contributed by atoms with van der Waals surface area (Å²) in [6, 6.07) is 17.0. The summed E-state index contributed by atoms with van der Waals surface area (Å²) in [5.74, 6) is 0.821. The van der Waals surface area contributed by atoms with Crippen LogP contribution in [0.25, 0.3) is 22.2 Å². The first-order valence-corrected chi connectivity index (χ1v) is 13.4. The zero-order chi connectivity index (χ0) is 23.7. The van der Waals surface area contributed by atoms with E-state index in [2.05, 4.69) is 15.3 Å². The highest BCUT2D eigenvalue weighted by Crippen LogP contribution is 2.27. The van der Waals surface area contributed by atoms with E-state index in [1.807, 2.05) is 49.4 Å². The zero-order valence-corrected chi connectivity index (χ0v) is 20.8. The third-order valence-corrected chi connectivity index (χ3v) is 8.83. The standard InChI is InChI=1S/C25H26N4O3S2/c1-18-6-7-20-4-3-5-23(25(20)26-18)34(30,31)29-14-12-28(13-15-29)16-24-27-22(17-33-24)19-8-10-21(32-2)11-9-19/h3-11,17H,12-16H2,1-2H3. The van der Waals surface area contributed by atoms with Crippen LogP contribution in [-0.4, -0.2) is 60.9 Å². The first-order valence-electron chi connectivity index (χ1n) is 11.1. The van der Waals surface area contributed by atoms with Gasteiger partial charge in [0.2, 0.25) is 10.0 Å². The van der Waals surface area contributed by atoms with Crippen LogP contribution in [0.4, 0.5) is 0 Å². The van der Waals surface area contributed by atoms with Crippen LogP contribution in [0.3, 0.4) is 0 Å². The molecule has 1 aliphatic heterocycles. The number of sulfonamides is 1. The summed E-state index contributed by atoms with van der Waals surface area (Å²) in [5, 5.41) is 3.92. The number of aryl methyl sites for hydroxylation is 1. The Balaban J connectivity index is 1.25. The topological polar surface area (TPSA) is 75.6 Å². The van der Waals surface area contributed by atoms with Gasteiger partial charge < -0.3 is 4.74 Å².